The molecule has 3 aromatic rings. The smallest absolute Gasteiger partial charge is 0.321 e. The van der Waals surface area contributed by atoms with Crippen molar-refractivity contribution >= 4 is 17.5 Å². The number of piperazine rings is 1. The van der Waals surface area contributed by atoms with Gasteiger partial charge in [0.1, 0.15) is 17.5 Å². The van der Waals surface area contributed by atoms with Gasteiger partial charge in [0.05, 0.1) is 0 Å². The first-order valence-electron chi connectivity index (χ1n) is 11.3. The molecule has 0 unspecified atom stereocenters. The fourth-order valence-electron chi connectivity index (χ4n) is 4.31. The standard InChI is InChI=1S/C26H30FN5O/c1-17-8-9-24(18(2)14-17)30-26(33)32-12-10-31(11-13-32)25-23(19(3)28-20(4)29-25)16-21-6-5-7-22(27)15-21/h5-9,14-15H,10-13,16H2,1-4H3,(H,30,33). The average Bonchev–Trinajstić information content (AvgIpc) is 2.77. The zero-order chi connectivity index (χ0) is 23.5. The third-order valence-electron chi connectivity index (χ3n) is 6.06. The number of halogens is 1. The number of hydrogen-bond donors (Lipinski definition) is 1. The lowest BCUT2D eigenvalue weighted by atomic mass is 10.0. The van der Waals surface area contributed by atoms with E-state index in [-0.39, 0.29) is 11.8 Å². The quantitative estimate of drug-likeness (QED) is 0.624. The molecule has 0 aliphatic carbocycles. The molecular formula is C26H30FN5O. The van der Waals surface area contributed by atoms with Crippen LogP contribution in [0.4, 0.5) is 20.7 Å². The minimum atomic E-state index is -0.247. The fraction of sp³-hybridized carbons (Fsp3) is 0.346. The number of nitrogens with one attached hydrogen (secondary N) is 1. The summed E-state index contributed by atoms with van der Waals surface area (Å²) in [5.41, 5.74) is 5.85. The molecule has 0 saturated carbocycles. The molecule has 7 heteroatoms. The number of rotatable bonds is 4. The van der Waals surface area contributed by atoms with Crippen LogP contribution in [0.1, 0.15) is 33.8 Å². The molecule has 1 aliphatic rings. The molecule has 2 heterocycles. The predicted octanol–water partition coefficient (Wildman–Crippen LogP) is 4.79. The molecular weight excluding hydrogens is 417 g/mol. The molecule has 1 N–H and O–H groups in total. The van der Waals surface area contributed by atoms with Crippen LogP contribution in [0.3, 0.4) is 0 Å². The molecule has 0 bridgehead atoms. The van der Waals surface area contributed by atoms with Gasteiger partial charge in [-0.15, -0.1) is 0 Å². The van der Waals surface area contributed by atoms with E-state index in [2.05, 4.69) is 21.3 Å². The van der Waals surface area contributed by atoms with Crippen molar-refractivity contribution in [1.82, 2.24) is 14.9 Å². The Balaban J connectivity index is 1.47. The summed E-state index contributed by atoms with van der Waals surface area (Å²) in [7, 11) is 0. The Bertz CT molecular complexity index is 1170. The summed E-state index contributed by atoms with van der Waals surface area (Å²) in [4.78, 5) is 26.2. The van der Waals surface area contributed by atoms with Crippen molar-refractivity contribution in [2.45, 2.75) is 34.1 Å². The molecule has 2 aromatic carbocycles. The van der Waals surface area contributed by atoms with E-state index in [9.17, 15) is 9.18 Å². The molecule has 0 atom stereocenters. The number of benzene rings is 2. The highest BCUT2D eigenvalue weighted by molar-refractivity contribution is 5.90. The molecule has 2 amide bonds. The predicted molar refractivity (Wildman–Crippen MR) is 129 cm³/mol. The number of aryl methyl sites for hydroxylation is 4. The maximum absolute atomic E-state index is 13.7. The number of hydrogen-bond acceptors (Lipinski definition) is 4. The first-order valence-corrected chi connectivity index (χ1v) is 11.3. The van der Waals surface area contributed by atoms with Crippen LogP contribution in [0.5, 0.6) is 0 Å². The van der Waals surface area contributed by atoms with Gasteiger partial charge >= 0.3 is 6.03 Å². The summed E-state index contributed by atoms with van der Waals surface area (Å²) >= 11 is 0. The second-order valence-electron chi connectivity index (χ2n) is 8.69. The largest absolute Gasteiger partial charge is 0.353 e. The van der Waals surface area contributed by atoms with Crippen molar-refractivity contribution in [3.63, 3.8) is 0 Å². The highest BCUT2D eigenvalue weighted by Gasteiger charge is 2.25. The van der Waals surface area contributed by atoms with E-state index in [0.717, 1.165) is 33.9 Å². The van der Waals surface area contributed by atoms with Gasteiger partial charge in [-0.2, -0.15) is 0 Å². The van der Waals surface area contributed by atoms with Gasteiger partial charge < -0.3 is 15.1 Å². The second kappa shape index (κ2) is 9.57. The number of aromatic nitrogens is 2. The molecule has 6 nitrogen and oxygen atoms in total. The third kappa shape index (κ3) is 5.30. The highest BCUT2D eigenvalue weighted by Crippen LogP contribution is 2.26. The Morgan fingerprint density at radius 2 is 1.76 bits per heavy atom. The number of anilines is 2. The third-order valence-corrected chi connectivity index (χ3v) is 6.06. The highest BCUT2D eigenvalue weighted by atomic mass is 19.1. The normalized spacial score (nSPS) is 13.8. The van der Waals surface area contributed by atoms with Crippen molar-refractivity contribution in [1.29, 1.82) is 0 Å². The average molecular weight is 448 g/mol. The van der Waals surface area contributed by atoms with Crippen molar-refractivity contribution < 1.29 is 9.18 Å². The van der Waals surface area contributed by atoms with Crippen LogP contribution in [0, 0.1) is 33.5 Å². The second-order valence-corrected chi connectivity index (χ2v) is 8.69. The first-order chi connectivity index (χ1) is 15.8. The van der Waals surface area contributed by atoms with E-state index in [1.807, 2.05) is 50.8 Å². The van der Waals surface area contributed by atoms with E-state index in [4.69, 9.17) is 4.98 Å². The van der Waals surface area contributed by atoms with Crippen LogP contribution >= 0.6 is 0 Å². The Morgan fingerprint density at radius 3 is 2.45 bits per heavy atom. The van der Waals surface area contributed by atoms with Crippen LogP contribution in [-0.2, 0) is 6.42 Å². The zero-order valence-electron chi connectivity index (χ0n) is 19.7. The first kappa shape index (κ1) is 22.7. The molecule has 33 heavy (non-hydrogen) atoms. The van der Waals surface area contributed by atoms with E-state index in [1.165, 1.54) is 11.6 Å². The lowest BCUT2D eigenvalue weighted by molar-refractivity contribution is 0.208. The summed E-state index contributed by atoms with van der Waals surface area (Å²) in [5.74, 6) is 1.34. The van der Waals surface area contributed by atoms with Gasteiger partial charge in [-0.1, -0.05) is 29.8 Å². The molecule has 0 radical (unpaired) electrons. The number of nitrogens with zero attached hydrogens (tertiary/aromatic N) is 4. The minimum absolute atomic E-state index is 0.0864. The van der Waals surface area contributed by atoms with Crippen LogP contribution in [0.15, 0.2) is 42.5 Å². The molecule has 1 fully saturated rings. The summed E-state index contributed by atoms with van der Waals surface area (Å²) in [6, 6.07) is 12.6. The number of carbonyl (C=O) groups is 1. The molecule has 172 valence electrons. The Hall–Kier alpha value is -3.48. The van der Waals surface area contributed by atoms with Gasteiger partial charge in [0.15, 0.2) is 0 Å². The molecule has 0 spiro atoms. The Kier molecular flexibility index (Phi) is 6.58. The van der Waals surface area contributed by atoms with Crippen LogP contribution in [-0.4, -0.2) is 47.1 Å². The Morgan fingerprint density at radius 1 is 1.00 bits per heavy atom. The molecule has 1 aliphatic heterocycles. The maximum Gasteiger partial charge on any atom is 0.321 e. The van der Waals surface area contributed by atoms with E-state index >= 15 is 0 Å². The fourth-order valence-corrected chi connectivity index (χ4v) is 4.31. The number of amides is 2. The summed E-state index contributed by atoms with van der Waals surface area (Å²) in [6.45, 7) is 10.4. The van der Waals surface area contributed by atoms with E-state index < -0.39 is 0 Å². The number of urea groups is 1. The van der Waals surface area contributed by atoms with Crippen molar-refractivity contribution in [3.8, 4) is 0 Å². The van der Waals surface area contributed by atoms with Gasteiger partial charge in [0, 0.05) is 49.5 Å². The minimum Gasteiger partial charge on any atom is -0.353 e. The van der Waals surface area contributed by atoms with Gasteiger partial charge in [-0.3, -0.25) is 0 Å². The van der Waals surface area contributed by atoms with Crippen molar-refractivity contribution in [2.75, 3.05) is 36.4 Å². The van der Waals surface area contributed by atoms with E-state index in [1.54, 1.807) is 12.1 Å². The van der Waals surface area contributed by atoms with Crippen molar-refractivity contribution in [3.05, 3.63) is 82.1 Å². The van der Waals surface area contributed by atoms with Gasteiger partial charge in [0.25, 0.3) is 0 Å². The monoisotopic (exact) mass is 447 g/mol. The lowest BCUT2D eigenvalue weighted by Gasteiger charge is -2.36. The topological polar surface area (TPSA) is 61.4 Å². The van der Waals surface area contributed by atoms with Gasteiger partial charge in [0.2, 0.25) is 0 Å². The van der Waals surface area contributed by atoms with E-state index in [0.29, 0.717) is 38.4 Å². The van der Waals surface area contributed by atoms with Gasteiger partial charge in [-0.05, 0) is 57.0 Å². The Labute approximate surface area is 194 Å². The van der Waals surface area contributed by atoms with Crippen LogP contribution in [0.2, 0.25) is 0 Å². The van der Waals surface area contributed by atoms with Crippen LogP contribution < -0.4 is 10.2 Å². The molecule has 1 aromatic heterocycles. The van der Waals surface area contributed by atoms with Crippen LogP contribution in [0.25, 0.3) is 0 Å². The maximum atomic E-state index is 13.7. The molecule has 4 rings (SSSR count). The summed E-state index contributed by atoms with van der Waals surface area (Å²) < 4.78 is 13.7. The summed E-state index contributed by atoms with van der Waals surface area (Å²) in [5, 5.41) is 3.04. The zero-order valence-corrected chi connectivity index (χ0v) is 19.7. The van der Waals surface area contributed by atoms with Gasteiger partial charge in [-0.25, -0.2) is 19.2 Å². The SMILES string of the molecule is Cc1ccc(NC(=O)N2CCN(c3nc(C)nc(C)c3Cc3cccc(F)c3)CC2)c(C)c1. The summed E-state index contributed by atoms with van der Waals surface area (Å²) in [6.07, 6.45) is 0.562. The lowest BCUT2D eigenvalue weighted by Crippen LogP contribution is -2.50. The molecule has 1 saturated heterocycles. The number of carbonyl (C=O) groups excluding carboxylic acids is 1. The van der Waals surface area contributed by atoms with Crippen molar-refractivity contribution in [2.24, 2.45) is 0 Å².